The molecule has 5 heteroatoms. The lowest BCUT2D eigenvalue weighted by Crippen LogP contribution is -2.39. The van der Waals surface area contributed by atoms with Crippen LogP contribution >= 0.6 is 0 Å². The zero-order valence-corrected chi connectivity index (χ0v) is 13.7. The highest BCUT2D eigenvalue weighted by atomic mass is 16.6. The van der Waals surface area contributed by atoms with E-state index in [1.54, 1.807) is 23.4 Å². The second-order valence-electron chi connectivity index (χ2n) is 6.71. The molecule has 120 valence electrons. The Bertz CT molecular complexity index is 708. The van der Waals surface area contributed by atoms with Crippen molar-refractivity contribution in [2.45, 2.75) is 39.3 Å². The van der Waals surface area contributed by atoms with Gasteiger partial charge in [-0.05, 0) is 50.5 Å². The van der Waals surface area contributed by atoms with Crippen LogP contribution < -0.4 is 0 Å². The standard InChI is InChI=1S/C18H21N3O2/c1-18(2,3)23-17(22)21-10-7-13-11-14(5-6-15(13)12-21)16-19-8-4-9-20-16/h4-6,8-9,11H,7,10,12H2,1-3H3. The number of benzene rings is 1. The molecule has 0 saturated carbocycles. The summed E-state index contributed by atoms with van der Waals surface area (Å²) in [5.41, 5.74) is 2.94. The molecular weight excluding hydrogens is 290 g/mol. The molecule has 3 rings (SSSR count). The van der Waals surface area contributed by atoms with Crippen molar-refractivity contribution in [1.29, 1.82) is 0 Å². The lowest BCUT2D eigenvalue weighted by Gasteiger charge is -2.31. The van der Waals surface area contributed by atoms with Crippen LogP contribution in [0, 0.1) is 0 Å². The maximum Gasteiger partial charge on any atom is 0.410 e. The van der Waals surface area contributed by atoms with Gasteiger partial charge in [-0.2, -0.15) is 0 Å². The average molecular weight is 311 g/mol. The number of ether oxygens (including phenoxy) is 1. The van der Waals surface area contributed by atoms with Crippen molar-refractivity contribution in [2.24, 2.45) is 0 Å². The molecule has 0 aliphatic carbocycles. The highest BCUT2D eigenvalue weighted by Crippen LogP contribution is 2.25. The third-order valence-corrected chi connectivity index (χ3v) is 3.69. The third-order valence-electron chi connectivity index (χ3n) is 3.69. The van der Waals surface area contributed by atoms with Gasteiger partial charge in [0.2, 0.25) is 0 Å². The summed E-state index contributed by atoms with van der Waals surface area (Å²) in [6, 6.07) is 7.99. The highest BCUT2D eigenvalue weighted by molar-refractivity contribution is 5.69. The number of hydrogen-bond acceptors (Lipinski definition) is 4. The molecule has 0 atom stereocenters. The number of carbonyl (C=O) groups excluding carboxylic acids is 1. The second-order valence-corrected chi connectivity index (χ2v) is 6.71. The van der Waals surface area contributed by atoms with Crippen LogP contribution in [-0.2, 0) is 17.7 Å². The lowest BCUT2D eigenvalue weighted by molar-refractivity contribution is 0.0224. The van der Waals surface area contributed by atoms with E-state index in [0.717, 1.165) is 23.4 Å². The summed E-state index contributed by atoms with van der Waals surface area (Å²) in [6.07, 6.45) is 4.05. The fraction of sp³-hybridized carbons (Fsp3) is 0.389. The van der Waals surface area contributed by atoms with Gasteiger partial charge in [0, 0.05) is 31.0 Å². The van der Waals surface area contributed by atoms with Crippen LogP contribution in [0.5, 0.6) is 0 Å². The quantitative estimate of drug-likeness (QED) is 0.809. The maximum absolute atomic E-state index is 12.2. The van der Waals surface area contributed by atoms with Gasteiger partial charge in [-0.3, -0.25) is 0 Å². The van der Waals surface area contributed by atoms with Gasteiger partial charge in [0.15, 0.2) is 5.82 Å². The Labute approximate surface area is 136 Å². The Kier molecular flexibility index (Phi) is 4.03. The number of rotatable bonds is 1. The molecule has 23 heavy (non-hydrogen) atoms. The van der Waals surface area contributed by atoms with Crippen LogP contribution in [0.25, 0.3) is 11.4 Å². The van der Waals surface area contributed by atoms with Gasteiger partial charge in [-0.1, -0.05) is 12.1 Å². The van der Waals surface area contributed by atoms with Crippen molar-refractivity contribution in [1.82, 2.24) is 14.9 Å². The summed E-state index contributed by atoms with van der Waals surface area (Å²) < 4.78 is 5.45. The Morgan fingerprint density at radius 2 is 1.91 bits per heavy atom. The van der Waals surface area contributed by atoms with Crippen LogP contribution in [0.3, 0.4) is 0 Å². The van der Waals surface area contributed by atoms with Gasteiger partial charge in [-0.25, -0.2) is 14.8 Å². The normalized spacial score (nSPS) is 14.3. The first kappa shape index (κ1) is 15.5. The SMILES string of the molecule is CC(C)(C)OC(=O)N1CCc2cc(-c3ncccn3)ccc2C1. The third kappa shape index (κ3) is 3.67. The molecule has 0 saturated heterocycles. The van der Waals surface area contributed by atoms with Crippen molar-refractivity contribution in [3.05, 3.63) is 47.8 Å². The maximum atomic E-state index is 12.2. The van der Waals surface area contributed by atoms with Gasteiger partial charge in [0.1, 0.15) is 5.60 Å². The number of aromatic nitrogens is 2. The molecule has 1 amide bonds. The van der Waals surface area contributed by atoms with E-state index in [1.165, 1.54) is 5.56 Å². The van der Waals surface area contributed by atoms with Gasteiger partial charge < -0.3 is 9.64 Å². The van der Waals surface area contributed by atoms with E-state index >= 15 is 0 Å². The molecule has 1 aromatic heterocycles. The molecule has 0 bridgehead atoms. The zero-order valence-electron chi connectivity index (χ0n) is 13.7. The molecule has 1 aliphatic heterocycles. The van der Waals surface area contributed by atoms with E-state index in [4.69, 9.17) is 4.74 Å². The van der Waals surface area contributed by atoms with Crippen LogP contribution in [0.2, 0.25) is 0 Å². The van der Waals surface area contributed by atoms with Crippen LogP contribution in [0.15, 0.2) is 36.7 Å². The number of amides is 1. The molecular formula is C18H21N3O2. The molecule has 0 spiro atoms. The smallest absolute Gasteiger partial charge is 0.410 e. The molecule has 2 heterocycles. The van der Waals surface area contributed by atoms with Gasteiger partial charge in [0.25, 0.3) is 0 Å². The largest absolute Gasteiger partial charge is 0.444 e. The minimum atomic E-state index is -0.466. The average Bonchev–Trinajstić information content (AvgIpc) is 2.53. The molecule has 0 fully saturated rings. The van der Waals surface area contributed by atoms with Crippen molar-refractivity contribution in [2.75, 3.05) is 6.54 Å². The predicted molar refractivity (Wildman–Crippen MR) is 87.8 cm³/mol. The first-order chi connectivity index (χ1) is 10.9. The molecule has 0 radical (unpaired) electrons. The summed E-state index contributed by atoms with van der Waals surface area (Å²) in [4.78, 5) is 22.5. The molecule has 0 N–H and O–H groups in total. The lowest BCUT2D eigenvalue weighted by atomic mass is 9.97. The van der Waals surface area contributed by atoms with Crippen LogP contribution in [-0.4, -0.2) is 33.1 Å². The van der Waals surface area contributed by atoms with E-state index in [1.807, 2.05) is 26.8 Å². The fourth-order valence-corrected chi connectivity index (χ4v) is 2.62. The summed E-state index contributed by atoms with van der Waals surface area (Å²) >= 11 is 0. The van der Waals surface area contributed by atoms with Crippen LogP contribution in [0.4, 0.5) is 4.79 Å². The van der Waals surface area contributed by atoms with E-state index in [-0.39, 0.29) is 6.09 Å². The Hall–Kier alpha value is -2.43. The zero-order chi connectivity index (χ0) is 16.4. The highest BCUT2D eigenvalue weighted by Gasteiger charge is 2.25. The first-order valence-electron chi connectivity index (χ1n) is 7.79. The summed E-state index contributed by atoms with van der Waals surface area (Å²) in [7, 11) is 0. The predicted octanol–water partition coefficient (Wildman–Crippen LogP) is 3.44. The Balaban J connectivity index is 1.77. The minimum Gasteiger partial charge on any atom is -0.444 e. The van der Waals surface area contributed by atoms with Crippen molar-refractivity contribution >= 4 is 6.09 Å². The molecule has 5 nitrogen and oxygen atoms in total. The molecule has 1 aliphatic rings. The second kappa shape index (κ2) is 5.99. The molecule has 2 aromatic rings. The van der Waals surface area contributed by atoms with Crippen LogP contribution in [0.1, 0.15) is 31.9 Å². The van der Waals surface area contributed by atoms with Crippen molar-refractivity contribution in [3.63, 3.8) is 0 Å². The van der Waals surface area contributed by atoms with Crippen molar-refractivity contribution in [3.8, 4) is 11.4 Å². The number of carbonyl (C=O) groups is 1. The Morgan fingerprint density at radius 1 is 1.17 bits per heavy atom. The van der Waals surface area contributed by atoms with E-state index in [0.29, 0.717) is 13.1 Å². The fourth-order valence-electron chi connectivity index (χ4n) is 2.62. The minimum absolute atomic E-state index is 0.251. The number of hydrogen-bond donors (Lipinski definition) is 0. The first-order valence-corrected chi connectivity index (χ1v) is 7.79. The number of fused-ring (bicyclic) bond motifs is 1. The number of nitrogens with zero attached hydrogens (tertiary/aromatic N) is 3. The molecule has 0 unspecified atom stereocenters. The summed E-state index contributed by atoms with van der Waals surface area (Å²) in [6.45, 7) is 6.90. The van der Waals surface area contributed by atoms with Gasteiger partial charge in [-0.15, -0.1) is 0 Å². The van der Waals surface area contributed by atoms with E-state index < -0.39 is 5.60 Å². The monoisotopic (exact) mass is 311 g/mol. The van der Waals surface area contributed by atoms with Gasteiger partial charge >= 0.3 is 6.09 Å². The molecule has 1 aromatic carbocycles. The van der Waals surface area contributed by atoms with E-state index in [9.17, 15) is 4.79 Å². The van der Waals surface area contributed by atoms with Gasteiger partial charge in [0.05, 0.1) is 0 Å². The topological polar surface area (TPSA) is 55.3 Å². The summed E-state index contributed by atoms with van der Waals surface area (Å²) in [5.74, 6) is 0.727. The Morgan fingerprint density at radius 3 is 2.61 bits per heavy atom. The summed E-state index contributed by atoms with van der Waals surface area (Å²) in [5, 5.41) is 0. The van der Waals surface area contributed by atoms with Crippen molar-refractivity contribution < 1.29 is 9.53 Å². The van der Waals surface area contributed by atoms with E-state index in [2.05, 4.69) is 22.1 Å².